The highest BCUT2D eigenvalue weighted by Gasteiger charge is 2.31. The van der Waals surface area contributed by atoms with E-state index in [2.05, 4.69) is 0 Å². The predicted octanol–water partition coefficient (Wildman–Crippen LogP) is 1.74. The maximum absolute atomic E-state index is 12.8. The van der Waals surface area contributed by atoms with Gasteiger partial charge >= 0.3 is 5.97 Å². The van der Waals surface area contributed by atoms with Crippen molar-refractivity contribution >= 4 is 23.6 Å². The van der Waals surface area contributed by atoms with Gasteiger partial charge in [0.15, 0.2) is 0 Å². The van der Waals surface area contributed by atoms with Crippen molar-refractivity contribution < 1.29 is 24.2 Å². The molecule has 6 nitrogen and oxygen atoms in total. The van der Waals surface area contributed by atoms with Crippen LogP contribution in [0.3, 0.4) is 0 Å². The molecule has 1 amide bonds. The number of ether oxygens (including phenoxy) is 2. The summed E-state index contributed by atoms with van der Waals surface area (Å²) in [5.41, 5.74) is 0.393. The Morgan fingerprint density at radius 3 is 2.77 bits per heavy atom. The van der Waals surface area contributed by atoms with Crippen LogP contribution < -0.4 is 9.47 Å². The second-order valence-corrected chi connectivity index (χ2v) is 6.04. The van der Waals surface area contributed by atoms with Crippen molar-refractivity contribution in [3.63, 3.8) is 0 Å². The molecule has 7 heteroatoms. The summed E-state index contributed by atoms with van der Waals surface area (Å²) in [6, 6.07) is 4.72. The van der Waals surface area contributed by atoms with E-state index in [4.69, 9.17) is 14.6 Å². The van der Waals surface area contributed by atoms with E-state index in [0.717, 1.165) is 5.75 Å². The van der Waals surface area contributed by atoms with E-state index in [9.17, 15) is 9.59 Å². The molecule has 1 aromatic carbocycles. The van der Waals surface area contributed by atoms with Crippen molar-refractivity contribution in [2.45, 2.75) is 12.5 Å². The molecule has 1 saturated heterocycles. The zero-order valence-corrected chi connectivity index (χ0v) is 13.4. The molecule has 1 fully saturated rings. The van der Waals surface area contributed by atoms with Crippen molar-refractivity contribution in [1.82, 2.24) is 4.90 Å². The largest absolute Gasteiger partial charge is 0.497 e. The Bertz CT molecular complexity index is 563. The van der Waals surface area contributed by atoms with Gasteiger partial charge in [-0.05, 0) is 18.2 Å². The van der Waals surface area contributed by atoms with Crippen LogP contribution in [0.5, 0.6) is 11.5 Å². The number of carboxylic acids is 1. The maximum Gasteiger partial charge on any atom is 0.305 e. The second-order valence-electron chi connectivity index (χ2n) is 4.89. The fourth-order valence-electron chi connectivity index (χ4n) is 2.43. The van der Waals surface area contributed by atoms with Crippen LogP contribution in [-0.2, 0) is 4.79 Å². The summed E-state index contributed by atoms with van der Waals surface area (Å²) in [7, 11) is 3.03. The summed E-state index contributed by atoms with van der Waals surface area (Å²) in [4.78, 5) is 25.5. The SMILES string of the molecule is COc1ccc(OC)c(C(=O)N2CCSC[C@H]2CC(=O)O)c1. The lowest BCUT2D eigenvalue weighted by Gasteiger charge is -2.35. The normalized spacial score (nSPS) is 17.9. The molecular weight excluding hydrogens is 306 g/mol. The van der Waals surface area contributed by atoms with Gasteiger partial charge in [-0.25, -0.2) is 0 Å². The predicted molar refractivity (Wildman–Crippen MR) is 83.9 cm³/mol. The van der Waals surface area contributed by atoms with Gasteiger partial charge in [-0.1, -0.05) is 0 Å². The lowest BCUT2D eigenvalue weighted by Crippen LogP contribution is -2.47. The molecule has 0 aliphatic carbocycles. The number of rotatable bonds is 5. The Kier molecular flexibility index (Phi) is 5.54. The fourth-order valence-corrected chi connectivity index (χ4v) is 3.49. The zero-order chi connectivity index (χ0) is 16.1. The van der Waals surface area contributed by atoms with Gasteiger partial charge in [0.1, 0.15) is 11.5 Å². The average Bonchev–Trinajstić information content (AvgIpc) is 2.53. The molecule has 0 spiro atoms. The van der Waals surface area contributed by atoms with Crippen molar-refractivity contribution in [2.75, 3.05) is 32.3 Å². The lowest BCUT2D eigenvalue weighted by molar-refractivity contribution is -0.138. The number of methoxy groups -OCH3 is 2. The Morgan fingerprint density at radius 1 is 1.36 bits per heavy atom. The minimum Gasteiger partial charge on any atom is -0.497 e. The topological polar surface area (TPSA) is 76.1 Å². The molecule has 0 radical (unpaired) electrons. The van der Waals surface area contributed by atoms with Gasteiger partial charge in [-0.15, -0.1) is 0 Å². The Morgan fingerprint density at radius 2 is 2.14 bits per heavy atom. The highest BCUT2D eigenvalue weighted by Crippen LogP contribution is 2.28. The summed E-state index contributed by atoms with van der Waals surface area (Å²) in [6.07, 6.45) is -0.0506. The Labute approximate surface area is 133 Å². The van der Waals surface area contributed by atoms with Gasteiger partial charge in [0, 0.05) is 18.1 Å². The van der Waals surface area contributed by atoms with Crippen LogP contribution in [0.4, 0.5) is 0 Å². The first kappa shape index (κ1) is 16.5. The quantitative estimate of drug-likeness (QED) is 0.888. The van der Waals surface area contributed by atoms with Crippen molar-refractivity contribution in [3.05, 3.63) is 23.8 Å². The zero-order valence-electron chi connectivity index (χ0n) is 12.6. The van der Waals surface area contributed by atoms with Gasteiger partial charge in [0.05, 0.1) is 32.2 Å². The van der Waals surface area contributed by atoms with Crippen molar-refractivity contribution in [2.24, 2.45) is 0 Å². The lowest BCUT2D eigenvalue weighted by atomic mass is 10.1. The van der Waals surface area contributed by atoms with Crippen LogP contribution >= 0.6 is 11.8 Å². The number of hydrogen-bond acceptors (Lipinski definition) is 5. The maximum atomic E-state index is 12.8. The molecule has 0 saturated carbocycles. The molecule has 1 aliphatic heterocycles. The third-order valence-electron chi connectivity index (χ3n) is 3.54. The smallest absolute Gasteiger partial charge is 0.305 e. The molecule has 1 atom stereocenters. The molecule has 0 bridgehead atoms. The van der Waals surface area contributed by atoms with Crippen LogP contribution in [0.15, 0.2) is 18.2 Å². The molecule has 2 rings (SSSR count). The number of benzene rings is 1. The van der Waals surface area contributed by atoms with E-state index >= 15 is 0 Å². The number of amides is 1. The highest BCUT2D eigenvalue weighted by molar-refractivity contribution is 7.99. The van der Waals surface area contributed by atoms with Gasteiger partial charge in [-0.2, -0.15) is 11.8 Å². The summed E-state index contributed by atoms with van der Waals surface area (Å²) in [5, 5.41) is 9.03. The minimum atomic E-state index is -0.900. The minimum absolute atomic E-state index is 0.0506. The van der Waals surface area contributed by atoms with E-state index in [-0.39, 0.29) is 18.4 Å². The van der Waals surface area contributed by atoms with E-state index in [1.165, 1.54) is 14.2 Å². The average molecular weight is 325 g/mol. The Hall–Kier alpha value is -1.89. The molecule has 1 heterocycles. The first-order chi connectivity index (χ1) is 10.6. The molecule has 22 heavy (non-hydrogen) atoms. The van der Waals surface area contributed by atoms with Crippen LogP contribution in [0.25, 0.3) is 0 Å². The third-order valence-corrected chi connectivity index (χ3v) is 4.63. The number of aliphatic carboxylic acids is 1. The number of thioether (sulfide) groups is 1. The first-order valence-electron chi connectivity index (χ1n) is 6.89. The molecular formula is C15H19NO5S. The van der Waals surface area contributed by atoms with E-state index in [0.29, 0.717) is 29.4 Å². The van der Waals surface area contributed by atoms with E-state index in [1.54, 1.807) is 34.9 Å². The monoisotopic (exact) mass is 325 g/mol. The summed E-state index contributed by atoms with van der Waals surface area (Å²) < 4.78 is 10.4. The number of carboxylic acid groups (broad SMARTS) is 1. The van der Waals surface area contributed by atoms with Crippen molar-refractivity contribution in [3.8, 4) is 11.5 Å². The fraction of sp³-hybridized carbons (Fsp3) is 0.467. The first-order valence-corrected chi connectivity index (χ1v) is 8.04. The van der Waals surface area contributed by atoms with Gasteiger partial charge in [-0.3, -0.25) is 9.59 Å². The number of carbonyl (C=O) groups is 2. The number of carbonyl (C=O) groups excluding carboxylic acids is 1. The van der Waals surface area contributed by atoms with Gasteiger partial charge in [0.2, 0.25) is 0 Å². The standard InChI is InChI=1S/C15H19NO5S/c1-20-11-3-4-13(21-2)12(8-11)15(19)16-5-6-22-9-10(16)7-14(17)18/h3-4,8,10H,5-7,9H2,1-2H3,(H,17,18)/t10-/m1/s1. The third kappa shape index (κ3) is 3.65. The molecule has 1 aromatic rings. The molecule has 1 aliphatic rings. The van der Waals surface area contributed by atoms with Crippen molar-refractivity contribution in [1.29, 1.82) is 0 Å². The van der Waals surface area contributed by atoms with E-state index in [1.807, 2.05) is 0 Å². The number of nitrogens with zero attached hydrogens (tertiary/aromatic N) is 1. The van der Waals surface area contributed by atoms with Crippen LogP contribution in [0.1, 0.15) is 16.8 Å². The van der Waals surface area contributed by atoms with Crippen LogP contribution in [0.2, 0.25) is 0 Å². The van der Waals surface area contributed by atoms with Gasteiger partial charge in [0.25, 0.3) is 5.91 Å². The Balaban J connectivity index is 2.30. The number of hydrogen-bond donors (Lipinski definition) is 1. The summed E-state index contributed by atoms with van der Waals surface area (Å²) in [6.45, 7) is 0.530. The summed E-state index contributed by atoms with van der Waals surface area (Å²) >= 11 is 1.67. The highest BCUT2D eigenvalue weighted by atomic mass is 32.2. The molecule has 120 valence electrons. The van der Waals surface area contributed by atoms with Crippen LogP contribution in [-0.4, -0.2) is 60.2 Å². The molecule has 1 N–H and O–H groups in total. The molecule has 0 unspecified atom stereocenters. The molecule has 0 aromatic heterocycles. The summed E-state index contributed by atoms with van der Waals surface area (Å²) in [5.74, 6) is 1.33. The second kappa shape index (κ2) is 7.40. The van der Waals surface area contributed by atoms with Crippen LogP contribution in [0, 0.1) is 0 Å². The van der Waals surface area contributed by atoms with E-state index < -0.39 is 5.97 Å². The van der Waals surface area contributed by atoms with Gasteiger partial charge < -0.3 is 19.5 Å².